The van der Waals surface area contributed by atoms with Crippen molar-refractivity contribution in [2.75, 3.05) is 0 Å². The maximum Gasteiger partial charge on any atom is 0.338 e. The maximum absolute atomic E-state index is 12.8. The van der Waals surface area contributed by atoms with E-state index in [1.165, 1.54) is 50.5 Å². The van der Waals surface area contributed by atoms with Crippen molar-refractivity contribution in [2.45, 2.75) is 117 Å². The van der Waals surface area contributed by atoms with Gasteiger partial charge in [-0.25, -0.2) is 4.79 Å². The number of aliphatic hydroxyl groups is 1. The molecule has 1 N–H and O–H groups in total. The van der Waals surface area contributed by atoms with Gasteiger partial charge in [0.15, 0.2) is 0 Å². The summed E-state index contributed by atoms with van der Waals surface area (Å²) in [5, 5.41) is 12.1. The van der Waals surface area contributed by atoms with Crippen LogP contribution < -0.4 is 0 Å². The van der Waals surface area contributed by atoms with Gasteiger partial charge in [0, 0.05) is 6.42 Å². The van der Waals surface area contributed by atoms with Gasteiger partial charge in [-0.3, -0.25) is 0 Å². The second kappa shape index (κ2) is 10.4. The summed E-state index contributed by atoms with van der Waals surface area (Å²) in [4.78, 5) is 12.8. The zero-order valence-corrected chi connectivity index (χ0v) is 24.8. The molecule has 0 amide bonds. The third-order valence-electron chi connectivity index (χ3n) is 11.9. The largest absolute Gasteiger partial charge is 0.458 e. The lowest BCUT2D eigenvalue weighted by atomic mass is 9.44. The highest BCUT2D eigenvalue weighted by Gasteiger charge is 2.63. The van der Waals surface area contributed by atoms with Crippen LogP contribution in [0.4, 0.5) is 0 Å². The molecule has 5 rings (SSSR count). The number of esters is 1. The van der Waals surface area contributed by atoms with Crippen molar-refractivity contribution in [3.63, 3.8) is 0 Å². The van der Waals surface area contributed by atoms with Crippen LogP contribution in [0.3, 0.4) is 0 Å². The predicted octanol–water partition coefficient (Wildman–Crippen LogP) is 8.61. The van der Waals surface area contributed by atoms with Crippen molar-refractivity contribution in [1.29, 1.82) is 0 Å². The first kappa shape index (κ1) is 27.9. The van der Waals surface area contributed by atoms with Crippen LogP contribution in [0.5, 0.6) is 0 Å². The molecule has 3 nitrogen and oxygen atoms in total. The second-order valence-corrected chi connectivity index (χ2v) is 14.7. The monoisotopic (exact) mass is 520 g/mol. The molecule has 0 unspecified atom stereocenters. The average Bonchev–Trinajstić information content (AvgIpc) is 3.22. The lowest BCUT2D eigenvalue weighted by Crippen LogP contribution is -2.59. The lowest BCUT2D eigenvalue weighted by molar-refractivity contribution is -0.133. The lowest BCUT2D eigenvalue weighted by Gasteiger charge is -2.62. The Morgan fingerprint density at radius 3 is 2.42 bits per heavy atom. The van der Waals surface area contributed by atoms with E-state index in [9.17, 15) is 9.90 Å². The molecule has 0 heterocycles. The van der Waals surface area contributed by atoms with Gasteiger partial charge in [-0.2, -0.15) is 0 Å². The molecule has 0 radical (unpaired) electrons. The fourth-order valence-corrected chi connectivity index (χ4v) is 9.89. The highest BCUT2D eigenvalue weighted by molar-refractivity contribution is 5.89. The van der Waals surface area contributed by atoms with E-state index in [1.807, 2.05) is 30.3 Å². The molecule has 3 heteroatoms. The fraction of sp³-hybridized carbons (Fsp3) is 0.743. The van der Waals surface area contributed by atoms with Crippen LogP contribution >= 0.6 is 0 Å². The van der Waals surface area contributed by atoms with E-state index in [0.717, 1.165) is 37.0 Å². The summed E-state index contributed by atoms with van der Waals surface area (Å²) in [6.07, 6.45) is 14.0. The Hall–Kier alpha value is -1.61. The molecule has 0 bridgehead atoms. The minimum Gasteiger partial charge on any atom is -0.458 e. The number of hydrogen-bond donors (Lipinski definition) is 1. The standard InChI is InChI=1S/C35H52O3/c1-23(2)11-10-12-24(3)28-15-16-29-31-30(18-20-34(28,29)5)33(4)19-17-27(21-26(33)22-35(31,6)37)38-32(36)25-13-8-7-9-14-25/h7-9,13-14,22-24,27-31,37H,10-12,15-21H2,1-6H3/t24-,27-,28+,29-,30+,31-,33-,34-,35+/m1/s1. The van der Waals surface area contributed by atoms with Gasteiger partial charge in [-0.05, 0) is 104 Å². The molecule has 0 aromatic heterocycles. The number of ether oxygens (including phenoxy) is 1. The van der Waals surface area contributed by atoms with E-state index >= 15 is 0 Å². The summed E-state index contributed by atoms with van der Waals surface area (Å²) in [6, 6.07) is 9.33. The van der Waals surface area contributed by atoms with E-state index in [4.69, 9.17) is 4.74 Å². The molecule has 38 heavy (non-hydrogen) atoms. The van der Waals surface area contributed by atoms with E-state index in [2.05, 4.69) is 47.6 Å². The number of rotatable bonds is 7. The van der Waals surface area contributed by atoms with Crippen molar-refractivity contribution < 1.29 is 14.6 Å². The van der Waals surface area contributed by atoms with Gasteiger partial charge in [0.1, 0.15) is 6.10 Å². The van der Waals surface area contributed by atoms with Crippen molar-refractivity contribution in [3.05, 3.63) is 47.5 Å². The number of fused-ring (bicyclic) bond motifs is 5. The molecule has 0 saturated heterocycles. The summed E-state index contributed by atoms with van der Waals surface area (Å²) in [5.74, 6) is 3.54. The third-order valence-corrected chi connectivity index (χ3v) is 11.9. The van der Waals surface area contributed by atoms with Gasteiger partial charge in [0.25, 0.3) is 0 Å². The first-order chi connectivity index (χ1) is 18.0. The minimum absolute atomic E-state index is 0.102. The van der Waals surface area contributed by atoms with Crippen LogP contribution in [-0.2, 0) is 4.74 Å². The Balaban J connectivity index is 1.33. The van der Waals surface area contributed by atoms with Crippen molar-refractivity contribution in [2.24, 2.45) is 46.3 Å². The molecule has 1 aromatic rings. The number of benzene rings is 1. The van der Waals surface area contributed by atoms with Crippen molar-refractivity contribution >= 4 is 5.97 Å². The Bertz CT molecular complexity index is 1020. The van der Waals surface area contributed by atoms with Crippen LogP contribution in [0.2, 0.25) is 0 Å². The normalized spacial score (nSPS) is 41.1. The molecular weight excluding hydrogens is 468 g/mol. The predicted molar refractivity (Wildman–Crippen MR) is 155 cm³/mol. The first-order valence-corrected chi connectivity index (χ1v) is 15.7. The molecule has 0 spiro atoms. The molecule has 1 aromatic carbocycles. The Morgan fingerprint density at radius 1 is 0.974 bits per heavy atom. The topological polar surface area (TPSA) is 46.5 Å². The first-order valence-electron chi connectivity index (χ1n) is 15.7. The Kier molecular flexibility index (Phi) is 7.66. The molecule has 9 atom stereocenters. The smallest absolute Gasteiger partial charge is 0.338 e. The zero-order chi connectivity index (χ0) is 27.3. The van der Waals surface area contributed by atoms with Crippen LogP contribution in [0.15, 0.2) is 42.0 Å². The van der Waals surface area contributed by atoms with E-state index in [-0.39, 0.29) is 17.5 Å². The van der Waals surface area contributed by atoms with E-state index in [1.54, 1.807) is 0 Å². The summed E-state index contributed by atoms with van der Waals surface area (Å²) < 4.78 is 5.99. The summed E-state index contributed by atoms with van der Waals surface area (Å²) in [7, 11) is 0. The molecule has 4 aliphatic rings. The quantitative estimate of drug-likeness (QED) is 0.289. The van der Waals surface area contributed by atoms with Crippen molar-refractivity contribution in [3.8, 4) is 0 Å². The summed E-state index contributed by atoms with van der Waals surface area (Å²) in [6.45, 7) is 14.3. The van der Waals surface area contributed by atoms with E-state index < -0.39 is 5.60 Å². The molecule has 3 fully saturated rings. The van der Waals surface area contributed by atoms with Crippen LogP contribution in [0, 0.1) is 46.3 Å². The Morgan fingerprint density at radius 2 is 1.71 bits per heavy atom. The molecule has 0 aliphatic heterocycles. The van der Waals surface area contributed by atoms with E-state index in [0.29, 0.717) is 28.7 Å². The second-order valence-electron chi connectivity index (χ2n) is 14.7. The third kappa shape index (κ3) is 4.91. The van der Waals surface area contributed by atoms with Crippen LogP contribution in [-0.4, -0.2) is 22.8 Å². The molecule has 210 valence electrons. The van der Waals surface area contributed by atoms with Gasteiger partial charge in [0.2, 0.25) is 0 Å². The van der Waals surface area contributed by atoms with Gasteiger partial charge < -0.3 is 9.84 Å². The average molecular weight is 521 g/mol. The number of carbonyl (C=O) groups is 1. The van der Waals surface area contributed by atoms with Gasteiger partial charge in [-0.15, -0.1) is 0 Å². The number of carbonyl (C=O) groups excluding carboxylic acids is 1. The van der Waals surface area contributed by atoms with Crippen LogP contribution in [0.25, 0.3) is 0 Å². The highest BCUT2D eigenvalue weighted by Crippen LogP contribution is 2.69. The zero-order valence-electron chi connectivity index (χ0n) is 24.8. The minimum atomic E-state index is -0.799. The summed E-state index contributed by atoms with van der Waals surface area (Å²) in [5.41, 5.74) is 1.59. The van der Waals surface area contributed by atoms with Crippen molar-refractivity contribution in [1.82, 2.24) is 0 Å². The fourth-order valence-electron chi connectivity index (χ4n) is 9.89. The van der Waals surface area contributed by atoms with Gasteiger partial charge in [0.05, 0.1) is 11.2 Å². The summed E-state index contributed by atoms with van der Waals surface area (Å²) >= 11 is 0. The molecule has 4 aliphatic carbocycles. The molecular formula is C35H52O3. The Labute approximate surface area is 231 Å². The molecule has 3 saturated carbocycles. The van der Waals surface area contributed by atoms with Crippen LogP contribution in [0.1, 0.15) is 116 Å². The maximum atomic E-state index is 12.8. The van der Waals surface area contributed by atoms with Gasteiger partial charge >= 0.3 is 5.97 Å². The SMILES string of the molecule is CC(C)CCC[C@@H](C)[C@@H]1CC[C@@H]2[C@@H]3[C@H](CC[C@@]21C)[C@]1(C)CC[C@@H](OC(=O)c2ccccc2)CC1=C[C@]3(C)O. The highest BCUT2D eigenvalue weighted by atomic mass is 16.5. The number of hydrogen-bond acceptors (Lipinski definition) is 3. The van der Waals surface area contributed by atoms with Gasteiger partial charge in [-0.1, -0.05) is 83.7 Å².